The third kappa shape index (κ3) is 4.06. The van der Waals surface area contributed by atoms with Crippen LogP contribution < -0.4 is 5.73 Å². The summed E-state index contributed by atoms with van der Waals surface area (Å²) in [6.45, 7) is 1.55. The van der Waals surface area contributed by atoms with Crippen LogP contribution in [-0.2, 0) is 11.2 Å². The second-order valence-corrected chi connectivity index (χ2v) is 7.33. The summed E-state index contributed by atoms with van der Waals surface area (Å²) in [5.41, 5.74) is 10.2. The average Bonchev–Trinajstić information content (AvgIpc) is 3.23. The minimum Gasteiger partial charge on any atom is -0.384 e. The Morgan fingerprint density at radius 1 is 1.25 bits per heavy atom. The lowest BCUT2D eigenvalue weighted by Gasteiger charge is -2.33. The molecule has 0 aliphatic carbocycles. The van der Waals surface area contributed by atoms with Crippen molar-refractivity contribution >= 4 is 11.7 Å². The number of H-pyrrole nitrogens is 1. The number of pyridine rings is 1. The minimum atomic E-state index is 0.225. The van der Waals surface area contributed by atoms with Crippen molar-refractivity contribution in [2.24, 2.45) is 0 Å². The van der Waals surface area contributed by atoms with E-state index < -0.39 is 0 Å². The number of hydrogen-bond acceptors (Lipinski definition) is 4. The van der Waals surface area contributed by atoms with Gasteiger partial charge in [0.15, 0.2) is 0 Å². The van der Waals surface area contributed by atoms with Gasteiger partial charge in [-0.1, -0.05) is 30.3 Å². The van der Waals surface area contributed by atoms with E-state index in [1.807, 2.05) is 41.4 Å². The van der Waals surface area contributed by atoms with Crippen LogP contribution in [0.4, 0.5) is 5.82 Å². The van der Waals surface area contributed by atoms with Crippen molar-refractivity contribution in [1.82, 2.24) is 20.1 Å². The fourth-order valence-electron chi connectivity index (χ4n) is 3.95. The second-order valence-electron chi connectivity index (χ2n) is 7.33. The van der Waals surface area contributed by atoms with Gasteiger partial charge in [0.1, 0.15) is 5.82 Å². The summed E-state index contributed by atoms with van der Waals surface area (Å²) in [5.74, 6) is 0.968. The van der Waals surface area contributed by atoms with Gasteiger partial charge in [-0.15, -0.1) is 0 Å². The van der Waals surface area contributed by atoms with E-state index in [0.717, 1.165) is 49.2 Å². The van der Waals surface area contributed by atoms with Crippen molar-refractivity contribution in [3.8, 4) is 11.1 Å². The van der Waals surface area contributed by atoms with Gasteiger partial charge in [-0.05, 0) is 42.5 Å². The number of anilines is 1. The zero-order valence-electron chi connectivity index (χ0n) is 15.8. The Hall–Kier alpha value is -3.15. The van der Waals surface area contributed by atoms with Crippen molar-refractivity contribution in [3.05, 3.63) is 66.1 Å². The largest absolute Gasteiger partial charge is 0.384 e. The van der Waals surface area contributed by atoms with Crippen LogP contribution in [0.1, 0.15) is 36.4 Å². The Balaban J connectivity index is 1.44. The standard InChI is InChI=1S/C22H25N5O/c23-20-13-17(10-11-24-20)19-14-25-26-22(19)18-7-4-12-27(15-18)21(28)9-8-16-5-2-1-3-6-16/h1-3,5-6,10-11,13-14,18H,4,7-9,12,15H2,(H2,23,24)(H,25,26). The van der Waals surface area contributed by atoms with Gasteiger partial charge in [0, 0.05) is 42.9 Å². The molecule has 0 radical (unpaired) electrons. The second kappa shape index (κ2) is 8.25. The number of carbonyl (C=O) groups is 1. The lowest BCUT2D eigenvalue weighted by molar-refractivity contribution is -0.132. The quantitative estimate of drug-likeness (QED) is 0.715. The number of likely N-dealkylation sites (tertiary alicyclic amines) is 1. The normalized spacial score (nSPS) is 16.9. The summed E-state index contributed by atoms with van der Waals surface area (Å²) in [4.78, 5) is 18.8. The molecular formula is C22H25N5O. The number of benzene rings is 1. The highest BCUT2D eigenvalue weighted by Gasteiger charge is 2.27. The molecule has 1 fully saturated rings. The van der Waals surface area contributed by atoms with Gasteiger partial charge in [-0.2, -0.15) is 5.10 Å². The highest BCUT2D eigenvalue weighted by atomic mass is 16.2. The highest BCUT2D eigenvalue weighted by Crippen LogP contribution is 2.33. The molecule has 4 rings (SSSR count). The number of nitrogens with zero attached hydrogens (tertiary/aromatic N) is 3. The Labute approximate surface area is 164 Å². The number of aromatic amines is 1. The summed E-state index contributed by atoms with van der Waals surface area (Å²) in [5, 5.41) is 7.42. The zero-order chi connectivity index (χ0) is 19.3. The number of hydrogen-bond donors (Lipinski definition) is 2. The predicted octanol–water partition coefficient (Wildman–Crippen LogP) is 3.39. The van der Waals surface area contributed by atoms with Crippen LogP contribution >= 0.6 is 0 Å². The van der Waals surface area contributed by atoms with Crippen LogP contribution in [0.15, 0.2) is 54.9 Å². The van der Waals surface area contributed by atoms with Crippen LogP contribution in [-0.4, -0.2) is 39.1 Å². The third-order valence-corrected chi connectivity index (χ3v) is 5.41. The number of nitrogens with two attached hydrogens (primary N) is 1. The number of nitrogen functional groups attached to an aromatic ring is 1. The van der Waals surface area contributed by atoms with Crippen molar-refractivity contribution in [3.63, 3.8) is 0 Å². The molecule has 1 atom stereocenters. The first-order valence-electron chi connectivity index (χ1n) is 9.77. The number of carbonyl (C=O) groups excluding carboxylic acids is 1. The Bertz CT molecular complexity index is 937. The maximum atomic E-state index is 12.8. The summed E-state index contributed by atoms with van der Waals surface area (Å²) in [6.07, 6.45) is 6.92. The maximum Gasteiger partial charge on any atom is 0.222 e. The molecule has 28 heavy (non-hydrogen) atoms. The molecule has 1 aromatic carbocycles. The molecule has 3 aromatic rings. The monoisotopic (exact) mass is 375 g/mol. The number of aromatic nitrogens is 3. The minimum absolute atomic E-state index is 0.225. The first kappa shape index (κ1) is 18.2. The molecule has 3 N–H and O–H groups in total. The molecule has 0 bridgehead atoms. The molecule has 1 unspecified atom stereocenters. The molecule has 1 aliphatic rings. The topological polar surface area (TPSA) is 87.9 Å². The Morgan fingerprint density at radius 3 is 2.93 bits per heavy atom. The first-order valence-corrected chi connectivity index (χ1v) is 9.77. The van der Waals surface area contributed by atoms with Gasteiger partial charge in [0.25, 0.3) is 0 Å². The van der Waals surface area contributed by atoms with E-state index in [0.29, 0.717) is 12.2 Å². The summed E-state index contributed by atoms with van der Waals surface area (Å²) in [6, 6.07) is 14.0. The van der Waals surface area contributed by atoms with E-state index >= 15 is 0 Å². The van der Waals surface area contributed by atoms with Gasteiger partial charge in [0.2, 0.25) is 5.91 Å². The zero-order valence-corrected chi connectivity index (χ0v) is 15.8. The Kier molecular flexibility index (Phi) is 5.37. The predicted molar refractivity (Wildman–Crippen MR) is 110 cm³/mol. The van der Waals surface area contributed by atoms with Crippen LogP contribution in [0.2, 0.25) is 0 Å². The average molecular weight is 375 g/mol. The van der Waals surface area contributed by atoms with Crippen LogP contribution in [0.5, 0.6) is 0 Å². The summed E-state index contributed by atoms with van der Waals surface area (Å²) in [7, 11) is 0. The van der Waals surface area contributed by atoms with Gasteiger partial charge >= 0.3 is 0 Å². The van der Waals surface area contributed by atoms with E-state index in [1.165, 1.54) is 5.56 Å². The molecule has 1 aliphatic heterocycles. The van der Waals surface area contributed by atoms with Crippen molar-refractivity contribution < 1.29 is 4.79 Å². The summed E-state index contributed by atoms with van der Waals surface area (Å²) < 4.78 is 0. The molecular weight excluding hydrogens is 350 g/mol. The number of piperidine rings is 1. The van der Waals surface area contributed by atoms with Gasteiger partial charge in [-0.3, -0.25) is 9.89 Å². The molecule has 6 nitrogen and oxygen atoms in total. The molecule has 144 valence electrons. The summed E-state index contributed by atoms with van der Waals surface area (Å²) >= 11 is 0. The molecule has 2 aromatic heterocycles. The van der Waals surface area contributed by atoms with Crippen LogP contribution in [0.3, 0.4) is 0 Å². The van der Waals surface area contributed by atoms with Crippen LogP contribution in [0.25, 0.3) is 11.1 Å². The number of nitrogens with one attached hydrogen (secondary N) is 1. The Morgan fingerprint density at radius 2 is 2.11 bits per heavy atom. The van der Waals surface area contributed by atoms with E-state index in [4.69, 9.17) is 5.73 Å². The van der Waals surface area contributed by atoms with E-state index in [2.05, 4.69) is 27.3 Å². The van der Waals surface area contributed by atoms with Gasteiger partial charge in [-0.25, -0.2) is 4.98 Å². The molecule has 6 heteroatoms. The fraction of sp³-hybridized carbons (Fsp3) is 0.318. The fourth-order valence-corrected chi connectivity index (χ4v) is 3.95. The molecule has 0 saturated carbocycles. The lowest BCUT2D eigenvalue weighted by atomic mass is 9.90. The number of aryl methyl sites for hydroxylation is 1. The van der Waals surface area contributed by atoms with E-state index in [1.54, 1.807) is 6.20 Å². The number of rotatable bonds is 5. The van der Waals surface area contributed by atoms with Crippen molar-refractivity contribution in [1.29, 1.82) is 0 Å². The highest BCUT2D eigenvalue weighted by molar-refractivity contribution is 5.77. The lowest BCUT2D eigenvalue weighted by Crippen LogP contribution is -2.39. The van der Waals surface area contributed by atoms with Crippen LogP contribution in [0, 0.1) is 0 Å². The van der Waals surface area contributed by atoms with Crippen molar-refractivity contribution in [2.45, 2.75) is 31.6 Å². The molecule has 0 spiro atoms. The van der Waals surface area contributed by atoms with E-state index in [-0.39, 0.29) is 11.8 Å². The van der Waals surface area contributed by atoms with Crippen molar-refractivity contribution in [2.75, 3.05) is 18.8 Å². The third-order valence-electron chi connectivity index (χ3n) is 5.41. The SMILES string of the molecule is Nc1cc(-c2cn[nH]c2C2CCCN(C(=O)CCc3ccccc3)C2)ccn1. The molecule has 1 amide bonds. The first-order chi connectivity index (χ1) is 13.7. The van der Waals surface area contributed by atoms with E-state index in [9.17, 15) is 4.79 Å². The smallest absolute Gasteiger partial charge is 0.222 e. The maximum absolute atomic E-state index is 12.8. The molecule has 3 heterocycles. The molecule has 1 saturated heterocycles. The van der Waals surface area contributed by atoms with Gasteiger partial charge < -0.3 is 10.6 Å². The number of amides is 1. The van der Waals surface area contributed by atoms with Gasteiger partial charge in [0.05, 0.1) is 6.20 Å².